The van der Waals surface area contributed by atoms with Crippen molar-refractivity contribution in [3.63, 3.8) is 0 Å². The summed E-state index contributed by atoms with van der Waals surface area (Å²) in [6, 6.07) is 9.82. The first kappa shape index (κ1) is 11.2. The Hall–Kier alpha value is -0.840. The second-order valence-electron chi connectivity index (χ2n) is 2.97. The van der Waals surface area contributed by atoms with Crippen LogP contribution < -0.4 is 0 Å². The highest BCUT2D eigenvalue weighted by molar-refractivity contribution is 14.1. The first-order valence-corrected chi connectivity index (χ1v) is 5.46. The number of alkyl halides is 1. The van der Waals surface area contributed by atoms with Gasteiger partial charge in [-0.2, -0.15) is 0 Å². The molecule has 2 nitrogen and oxygen atoms in total. The molecular weight excluding hydrogens is 291 g/mol. The molecule has 0 spiro atoms. The molecule has 0 aliphatic rings. The number of carboxylic acid groups (broad SMARTS) is 1. The molecule has 0 aliphatic carbocycles. The summed E-state index contributed by atoms with van der Waals surface area (Å²) in [5.74, 6) is -0.859. The van der Waals surface area contributed by atoms with Crippen molar-refractivity contribution in [2.45, 2.75) is 10.8 Å². The van der Waals surface area contributed by atoms with Crippen molar-refractivity contribution >= 4 is 28.6 Å². The molecule has 0 amide bonds. The molecule has 74 valence electrons. The van der Waals surface area contributed by atoms with Gasteiger partial charge in [-0.1, -0.05) is 59.0 Å². The highest BCUT2D eigenvalue weighted by atomic mass is 127. The SMILES string of the molecule is CC(=CC(I)c1ccccc1)C(=O)O. The van der Waals surface area contributed by atoms with Crippen LogP contribution in [0.2, 0.25) is 0 Å². The summed E-state index contributed by atoms with van der Waals surface area (Å²) in [6.07, 6.45) is 1.75. The molecule has 0 bridgehead atoms. The van der Waals surface area contributed by atoms with Crippen LogP contribution in [0.4, 0.5) is 0 Å². The molecule has 0 saturated carbocycles. The fourth-order valence-electron chi connectivity index (χ4n) is 1.02. The van der Waals surface area contributed by atoms with Crippen LogP contribution in [-0.4, -0.2) is 11.1 Å². The van der Waals surface area contributed by atoms with Gasteiger partial charge in [0.25, 0.3) is 0 Å². The Morgan fingerprint density at radius 2 is 2.00 bits per heavy atom. The Labute approximate surface area is 96.8 Å². The first-order chi connectivity index (χ1) is 6.61. The summed E-state index contributed by atoms with van der Waals surface area (Å²) < 4.78 is 0.116. The normalized spacial score (nSPS) is 13.7. The lowest BCUT2D eigenvalue weighted by atomic mass is 10.1. The van der Waals surface area contributed by atoms with E-state index in [9.17, 15) is 4.79 Å². The highest BCUT2D eigenvalue weighted by Gasteiger charge is 2.06. The third kappa shape index (κ3) is 3.14. The minimum absolute atomic E-state index is 0.116. The Balaban J connectivity index is 2.82. The molecule has 1 unspecified atom stereocenters. The molecule has 0 aromatic heterocycles. The monoisotopic (exact) mass is 302 g/mol. The number of allylic oxidation sites excluding steroid dienone is 1. The number of rotatable bonds is 3. The van der Waals surface area contributed by atoms with E-state index < -0.39 is 5.97 Å². The predicted molar refractivity (Wildman–Crippen MR) is 64.6 cm³/mol. The van der Waals surface area contributed by atoms with Crippen LogP contribution in [0.1, 0.15) is 16.4 Å². The molecule has 3 heteroatoms. The lowest BCUT2D eigenvalue weighted by Gasteiger charge is -2.05. The Bertz CT molecular complexity index is 344. The molecule has 1 atom stereocenters. The van der Waals surface area contributed by atoms with Gasteiger partial charge in [-0.25, -0.2) is 4.79 Å². The Kier molecular flexibility index (Phi) is 4.13. The van der Waals surface area contributed by atoms with Gasteiger partial charge >= 0.3 is 5.97 Å². The van der Waals surface area contributed by atoms with Gasteiger partial charge in [0.2, 0.25) is 0 Å². The van der Waals surface area contributed by atoms with Crippen molar-refractivity contribution in [3.8, 4) is 0 Å². The van der Waals surface area contributed by atoms with Crippen molar-refractivity contribution in [1.29, 1.82) is 0 Å². The molecule has 1 rings (SSSR count). The van der Waals surface area contributed by atoms with E-state index in [4.69, 9.17) is 5.11 Å². The molecule has 0 saturated heterocycles. The first-order valence-electron chi connectivity index (χ1n) is 4.22. The zero-order valence-corrected chi connectivity index (χ0v) is 9.93. The molecule has 0 aliphatic heterocycles. The second kappa shape index (κ2) is 5.14. The van der Waals surface area contributed by atoms with E-state index >= 15 is 0 Å². The molecule has 0 radical (unpaired) electrons. The van der Waals surface area contributed by atoms with Gasteiger partial charge < -0.3 is 5.11 Å². The molecule has 0 fully saturated rings. The van der Waals surface area contributed by atoms with E-state index in [-0.39, 0.29) is 3.92 Å². The predicted octanol–water partition coefficient (Wildman–Crippen LogP) is 3.19. The standard InChI is InChI=1S/C11H11IO2/c1-8(11(13)14)7-10(12)9-5-3-2-4-6-9/h2-7,10H,1H3,(H,13,14). The van der Waals surface area contributed by atoms with Gasteiger partial charge in [0.05, 0.1) is 3.92 Å². The summed E-state index contributed by atoms with van der Waals surface area (Å²) in [6.45, 7) is 1.61. The lowest BCUT2D eigenvalue weighted by molar-refractivity contribution is -0.132. The maximum absolute atomic E-state index is 10.6. The van der Waals surface area contributed by atoms with Crippen LogP contribution in [0.25, 0.3) is 0 Å². The van der Waals surface area contributed by atoms with E-state index in [2.05, 4.69) is 22.6 Å². The maximum atomic E-state index is 10.6. The zero-order valence-electron chi connectivity index (χ0n) is 7.77. The Morgan fingerprint density at radius 1 is 1.43 bits per heavy atom. The highest BCUT2D eigenvalue weighted by Crippen LogP contribution is 2.25. The number of aliphatic carboxylic acids is 1. The number of hydrogen-bond donors (Lipinski definition) is 1. The van der Waals surface area contributed by atoms with Crippen LogP contribution in [0.15, 0.2) is 42.0 Å². The van der Waals surface area contributed by atoms with Crippen LogP contribution >= 0.6 is 22.6 Å². The van der Waals surface area contributed by atoms with Crippen molar-refractivity contribution in [2.24, 2.45) is 0 Å². The van der Waals surface area contributed by atoms with Gasteiger partial charge in [-0.3, -0.25) is 0 Å². The third-order valence-electron chi connectivity index (χ3n) is 1.85. The fourth-order valence-corrected chi connectivity index (χ4v) is 1.98. The fraction of sp³-hybridized carbons (Fsp3) is 0.182. The van der Waals surface area contributed by atoms with E-state index in [1.165, 1.54) is 0 Å². The van der Waals surface area contributed by atoms with Crippen LogP contribution in [0.5, 0.6) is 0 Å². The van der Waals surface area contributed by atoms with Crippen molar-refractivity contribution in [3.05, 3.63) is 47.5 Å². The van der Waals surface area contributed by atoms with Gasteiger partial charge in [0.15, 0.2) is 0 Å². The summed E-state index contributed by atoms with van der Waals surface area (Å²) in [4.78, 5) is 10.6. The van der Waals surface area contributed by atoms with E-state index in [0.717, 1.165) is 5.56 Å². The minimum atomic E-state index is -0.859. The van der Waals surface area contributed by atoms with Crippen molar-refractivity contribution < 1.29 is 9.90 Å². The zero-order chi connectivity index (χ0) is 10.6. The molecular formula is C11H11IO2. The van der Waals surface area contributed by atoms with Crippen LogP contribution in [-0.2, 0) is 4.79 Å². The Morgan fingerprint density at radius 3 is 2.50 bits per heavy atom. The van der Waals surface area contributed by atoms with Crippen LogP contribution in [0, 0.1) is 0 Å². The largest absolute Gasteiger partial charge is 0.478 e. The minimum Gasteiger partial charge on any atom is -0.478 e. The number of benzene rings is 1. The summed E-state index contributed by atoms with van der Waals surface area (Å²) in [7, 11) is 0. The summed E-state index contributed by atoms with van der Waals surface area (Å²) in [5.41, 5.74) is 1.50. The van der Waals surface area contributed by atoms with Gasteiger partial charge in [0, 0.05) is 5.57 Å². The van der Waals surface area contributed by atoms with Crippen molar-refractivity contribution in [1.82, 2.24) is 0 Å². The number of hydrogen-bond acceptors (Lipinski definition) is 1. The average molecular weight is 302 g/mol. The van der Waals surface area contributed by atoms with Crippen LogP contribution in [0.3, 0.4) is 0 Å². The molecule has 1 aromatic rings. The van der Waals surface area contributed by atoms with E-state index in [1.807, 2.05) is 30.3 Å². The molecule has 0 heterocycles. The summed E-state index contributed by atoms with van der Waals surface area (Å²) >= 11 is 2.22. The van der Waals surface area contributed by atoms with Gasteiger partial charge in [0.1, 0.15) is 0 Å². The lowest BCUT2D eigenvalue weighted by Crippen LogP contribution is -1.97. The third-order valence-corrected chi connectivity index (χ3v) is 2.93. The number of halogens is 1. The smallest absolute Gasteiger partial charge is 0.330 e. The quantitative estimate of drug-likeness (QED) is 0.529. The van der Waals surface area contributed by atoms with Gasteiger partial charge in [-0.05, 0) is 12.5 Å². The van der Waals surface area contributed by atoms with E-state index in [0.29, 0.717) is 5.57 Å². The van der Waals surface area contributed by atoms with Crippen molar-refractivity contribution in [2.75, 3.05) is 0 Å². The molecule has 1 N–H and O–H groups in total. The molecule has 14 heavy (non-hydrogen) atoms. The maximum Gasteiger partial charge on any atom is 0.330 e. The van der Waals surface area contributed by atoms with Gasteiger partial charge in [-0.15, -0.1) is 0 Å². The topological polar surface area (TPSA) is 37.3 Å². The second-order valence-corrected chi connectivity index (χ2v) is 4.31. The average Bonchev–Trinajstić information content (AvgIpc) is 2.19. The number of carbonyl (C=O) groups is 1. The summed E-state index contributed by atoms with van der Waals surface area (Å²) in [5, 5.41) is 8.71. The molecule has 1 aromatic carbocycles. The van der Waals surface area contributed by atoms with E-state index in [1.54, 1.807) is 13.0 Å². The number of carboxylic acids is 1.